The molecule has 2 aliphatic carbocycles. The van der Waals surface area contributed by atoms with Crippen LogP contribution in [0.15, 0.2) is 48.6 Å². The summed E-state index contributed by atoms with van der Waals surface area (Å²) < 4.78 is 41.2. The minimum Gasteiger partial charge on any atom is -0.406 e. The molecule has 3 rings (SSSR count). The molecule has 1 fully saturated rings. The van der Waals surface area contributed by atoms with Crippen molar-refractivity contribution in [3.05, 3.63) is 48.6 Å². The summed E-state index contributed by atoms with van der Waals surface area (Å²) in [6, 6.07) is 6.32. The third-order valence-corrected chi connectivity index (χ3v) is 6.04. The van der Waals surface area contributed by atoms with Crippen molar-refractivity contribution in [2.24, 2.45) is 23.2 Å². The van der Waals surface area contributed by atoms with Crippen molar-refractivity contribution >= 4 is 5.69 Å². The van der Waals surface area contributed by atoms with Crippen LogP contribution in [0.2, 0.25) is 0 Å². The number of hydrogen-bond donors (Lipinski definition) is 0. The zero-order valence-corrected chi connectivity index (χ0v) is 17.0. The number of anilines is 1. The Morgan fingerprint density at radius 2 is 1.68 bits per heavy atom. The van der Waals surface area contributed by atoms with Crippen LogP contribution in [0.25, 0.3) is 0 Å². The van der Waals surface area contributed by atoms with E-state index >= 15 is 0 Å². The van der Waals surface area contributed by atoms with Crippen molar-refractivity contribution in [2.75, 3.05) is 11.9 Å². The van der Waals surface area contributed by atoms with E-state index < -0.39 is 6.36 Å². The number of benzene rings is 1. The molecule has 0 radical (unpaired) electrons. The van der Waals surface area contributed by atoms with Crippen molar-refractivity contribution < 1.29 is 17.9 Å². The number of halogens is 3. The number of allylic oxidation sites excluding steroid dienone is 2. The van der Waals surface area contributed by atoms with Crippen molar-refractivity contribution in [1.82, 2.24) is 0 Å². The number of rotatable bonds is 4. The summed E-state index contributed by atoms with van der Waals surface area (Å²) in [5.41, 5.74) is 1.23. The molecule has 154 valence electrons. The highest BCUT2D eigenvalue weighted by atomic mass is 19.4. The molecule has 2 unspecified atom stereocenters. The Kier molecular flexibility index (Phi) is 5.83. The zero-order valence-electron chi connectivity index (χ0n) is 17.0. The van der Waals surface area contributed by atoms with E-state index in [1.165, 1.54) is 31.4 Å². The van der Waals surface area contributed by atoms with Crippen LogP contribution < -0.4 is 9.64 Å². The lowest BCUT2D eigenvalue weighted by molar-refractivity contribution is -0.274. The first-order chi connectivity index (χ1) is 13.0. The maximum atomic E-state index is 12.4. The Morgan fingerprint density at radius 1 is 1.04 bits per heavy atom. The largest absolute Gasteiger partial charge is 0.573 e. The minimum absolute atomic E-state index is 0.186. The summed E-state index contributed by atoms with van der Waals surface area (Å²) in [5.74, 6) is 1.50. The highest BCUT2D eigenvalue weighted by Crippen LogP contribution is 2.46. The van der Waals surface area contributed by atoms with Crippen LogP contribution >= 0.6 is 0 Å². The van der Waals surface area contributed by atoms with E-state index in [0.29, 0.717) is 23.2 Å². The predicted molar refractivity (Wildman–Crippen MR) is 107 cm³/mol. The normalized spacial score (nSPS) is 29.5. The van der Waals surface area contributed by atoms with Crippen molar-refractivity contribution in [3.63, 3.8) is 0 Å². The monoisotopic (exact) mass is 393 g/mol. The number of alkyl halides is 3. The maximum Gasteiger partial charge on any atom is 0.573 e. The van der Waals surface area contributed by atoms with Crippen LogP contribution in [0.4, 0.5) is 18.9 Å². The lowest BCUT2D eigenvalue weighted by atomic mass is 9.63. The molecule has 2 nitrogen and oxygen atoms in total. The first-order valence-electron chi connectivity index (χ1n) is 9.98. The molecule has 0 bridgehead atoms. The summed E-state index contributed by atoms with van der Waals surface area (Å²) in [5, 5.41) is 0. The van der Waals surface area contributed by atoms with Gasteiger partial charge >= 0.3 is 6.36 Å². The summed E-state index contributed by atoms with van der Waals surface area (Å²) in [6.07, 6.45) is 7.71. The van der Waals surface area contributed by atoms with E-state index in [9.17, 15) is 13.2 Å². The van der Waals surface area contributed by atoms with Gasteiger partial charge in [0.15, 0.2) is 0 Å². The molecule has 4 atom stereocenters. The Labute approximate surface area is 166 Å². The van der Waals surface area contributed by atoms with E-state index in [1.54, 1.807) is 12.1 Å². The molecule has 1 aromatic rings. The average Bonchev–Trinajstić information content (AvgIpc) is 2.59. The van der Waals surface area contributed by atoms with E-state index in [2.05, 4.69) is 54.7 Å². The highest BCUT2D eigenvalue weighted by Gasteiger charge is 2.39. The third-order valence-electron chi connectivity index (χ3n) is 6.04. The molecule has 0 saturated heterocycles. The lowest BCUT2D eigenvalue weighted by Crippen LogP contribution is -2.43. The number of likely N-dealkylation sites (N-methyl/N-ethyl adjacent to an activating group) is 1. The zero-order chi connectivity index (χ0) is 20.5. The summed E-state index contributed by atoms with van der Waals surface area (Å²) in [7, 11) is 2.01. The van der Waals surface area contributed by atoms with Gasteiger partial charge in [0.25, 0.3) is 0 Å². The molecular formula is C23H30F3NO. The molecular weight excluding hydrogens is 363 g/mol. The van der Waals surface area contributed by atoms with Gasteiger partial charge in [-0.05, 0) is 60.8 Å². The van der Waals surface area contributed by atoms with Crippen LogP contribution in [-0.2, 0) is 0 Å². The third kappa shape index (κ3) is 5.12. The van der Waals surface area contributed by atoms with Crippen LogP contribution in [-0.4, -0.2) is 19.5 Å². The van der Waals surface area contributed by atoms with Gasteiger partial charge in [0.05, 0.1) is 6.04 Å². The molecule has 5 heteroatoms. The van der Waals surface area contributed by atoms with Gasteiger partial charge in [-0.25, -0.2) is 0 Å². The number of ether oxygens (including phenoxy) is 1. The molecule has 2 aliphatic rings. The van der Waals surface area contributed by atoms with Gasteiger partial charge in [-0.3, -0.25) is 0 Å². The van der Waals surface area contributed by atoms with Gasteiger partial charge in [0.2, 0.25) is 0 Å². The maximum absolute atomic E-state index is 12.4. The van der Waals surface area contributed by atoms with Crippen molar-refractivity contribution in [2.45, 2.75) is 52.4 Å². The molecule has 0 spiro atoms. The molecule has 28 heavy (non-hydrogen) atoms. The topological polar surface area (TPSA) is 12.5 Å². The van der Waals surface area contributed by atoms with Gasteiger partial charge < -0.3 is 9.64 Å². The van der Waals surface area contributed by atoms with Crippen molar-refractivity contribution in [3.8, 4) is 5.75 Å². The Morgan fingerprint density at radius 3 is 2.29 bits per heavy atom. The first-order valence-corrected chi connectivity index (χ1v) is 9.98. The number of nitrogens with zero attached hydrogens (tertiary/aromatic N) is 1. The van der Waals surface area contributed by atoms with Crippen molar-refractivity contribution in [1.29, 1.82) is 0 Å². The van der Waals surface area contributed by atoms with Crippen LogP contribution in [0.3, 0.4) is 0 Å². The standard InChI is InChI=1S/C23H30F3NO/c1-16-13-17(15-22(2,3)14-16)20-7-5-6-8-21(20)27(4)18-9-11-19(12-10-18)28-23(24,25)26/h5-12,16-17,20-21H,13-15H2,1-4H3/t16-,17+,20?,21?/m0/s1. The molecule has 1 aromatic carbocycles. The molecule has 0 heterocycles. The Bertz CT molecular complexity index is 720. The van der Waals surface area contributed by atoms with Crippen LogP contribution in [0.1, 0.15) is 40.0 Å². The molecule has 0 amide bonds. The second-order valence-corrected chi connectivity index (χ2v) is 9.16. The Balaban J connectivity index is 1.77. The van der Waals surface area contributed by atoms with E-state index in [0.717, 1.165) is 5.69 Å². The van der Waals surface area contributed by atoms with E-state index in [1.807, 2.05) is 7.05 Å². The van der Waals surface area contributed by atoms with Gasteiger partial charge in [0, 0.05) is 18.7 Å². The number of hydrogen-bond acceptors (Lipinski definition) is 2. The van der Waals surface area contributed by atoms with Gasteiger partial charge in [-0.2, -0.15) is 0 Å². The smallest absolute Gasteiger partial charge is 0.406 e. The lowest BCUT2D eigenvalue weighted by Gasteiger charge is -2.45. The molecule has 1 saturated carbocycles. The van der Waals surface area contributed by atoms with Gasteiger partial charge in [0.1, 0.15) is 5.75 Å². The van der Waals surface area contributed by atoms with Gasteiger partial charge in [-0.15, -0.1) is 13.2 Å². The average molecular weight is 393 g/mol. The van der Waals surface area contributed by atoms with Crippen LogP contribution in [0.5, 0.6) is 5.75 Å². The fraction of sp³-hybridized carbons (Fsp3) is 0.565. The van der Waals surface area contributed by atoms with Gasteiger partial charge in [-0.1, -0.05) is 45.1 Å². The first kappa shape index (κ1) is 20.8. The second-order valence-electron chi connectivity index (χ2n) is 9.16. The molecule has 0 N–H and O–H groups in total. The molecule has 0 aliphatic heterocycles. The van der Waals surface area contributed by atoms with E-state index in [-0.39, 0.29) is 11.8 Å². The fourth-order valence-corrected chi connectivity index (χ4v) is 5.20. The second kappa shape index (κ2) is 7.84. The predicted octanol–water partition coefficient (Wildman–Crippen LogP) is 6.59. The quantitative estimate of drug-likeness (QED) is 0.572. The highest BCUT2D eigenvalue weighted by molar-refractivity contribution is 5.51. The Hall–Kier alpha value is -1.91. The summed E-state index contributed by atoms with van der Waals surface area (Å²) >= 11 is 0. The fourth-order valence-electron chi connectivity index (χ4n) is 5.20. The molecule has 0 aromatic heterocycles. The summed E-state index contributed by atoms with van der Waals surface area (Å²) in [6.45, 7) is 7.06. The van der Waals surface area contributed by atoms with E-state index in [4.69, 9.17) is 0 Å². The van der Waals surface area contributed by atoms with Crippen LogP contribution in [0, 0.1) is 23.2 Å². The minimum atomic E-state index is -4.67. The summed E-state index contributed by atoms with van der Waals surface area (Å²) in [4.78, 5) is 2.16. The SMILES string of the molecule is C[C@H]1C[C@@H](C2C=CC=CC2N(C)c2ccc(OC(F)(F)F)cc2)CC(C)(C)C1.